The number of benzene rings is 2. The minimum absolute atomic E-state index is 0.258. The Kier molecular flexibility index (Phi) is 6.79. The summed E-state index contributed by atoms with van der Waals surface area (Å²) in [5.74, 6) is 0. The predicted octanol–water partition coefficient (Wildman–Crippen LogP) is 5.38. The molecule has 2 aromatic carbocycles. The molecule has 2 rings (SSSR count). The second-order valence-electron chi connectivity index (χ2n) is 4.98. The fraction of sp³-hybridized carbons (Fsp3) is 0.263. The van der Waals surface area contributed by atoms with E-state index < -0.39 is 7.60 Å². The van der Waals surface area contributed by atoms with Gasteiger partial charge in [-0.2, -0.15) is 0 Å². The first kappa shape index (κ1) is 17.7. The molecule has 23 heavy (non-hydrogen) atoms. The van der Waals surface area contributed by atoms with Gasteiger partial charge < -0.3 is 9.05 Å². The van der Waals surface area contributed by atoms with Crippen molar-refractivity contribution in [2.45, 2.75) is 13.8 Å². The Hall–Kier alpha value is -1.67. The highest BCUT2D eigenvalue weighted by Gasteiger charge is 2.22. The Morgan fingerprint density at radius 3 is 1.70 bits per heavy atom. The maximum atomic E-state index is 12.7. The van der Waals surface area contributed by atoms with Gasteiger partial charge in [-0.25, -0.2) is 0 Å². The van der Waals surface area contributed by atoms with Crippen molar-refractivity contribution in [3.8, 4) is 0 Å². The number of hydrogen-bond donors (Lipinski definition) is 0. The normalized spacial score (nSPS) is 11.2. The molecule has 0 N–H and O–H groups in total. The van der Waals surface area contributed by atoms with Gasteiger partial charge >= 0.3 is 7.60 Å². The average molecular weight is 330 g/mol. The lowest BCUT2D eigenvalue weighted by atomic mass is 9.98. The monoisotopic (exact) mass is 330 g/mol. The fourth-order valence-corrected chi connectivity index (χ4v) is 3.86. The zero-order valence-corrected chi connectivity index (χ0v) is 14.5. The summed E-state index contributed by atoms with van der Waals surface area (Å²) >= 11 is 0. The SMILES string of the molecule is CCOP(=O)(CC=C(c1ccccc1)c1ccccc1)OCC. The zero-order chi connectivity index (χ0) is 16.5. The number of rotatable bonds is 8. The van der Waals surface area contributed by atoms with Crippen LogP contribution >= 0.6 is 7.60 Å². The van der Waals surface area contributed by atoms with Crippen LogP contribution in [0.15, 0.2) is 66.7 Å². The van der Waals surface area contributed by atoms with Crippen molar-refractivity contribution in [2.75, 3.05) is 19.4 Å². The highest BCUT2D eigenvalue weighted by atomic mass is 31.2. The van der Waals surface area contributed by atoms with Crippen LogP contribution < -0.4 is 0 Å². The first-order valence-corrected chi connectivity index (χ1v) is 9.60. The van der Waals surface area contributed by atoms with Gasteiger partial charge in [0.2, 0.25) is 0 Å². The van der Waals surface area contributed by atoms with E-state index in [9.17, 15) is 4.57 Å². The van der Waals surface area contributed by atoms with E-state index >= 15 is 0 Å². The van der Waals surface area contributed by atoms with Gasteiger partial charge in [-0.3, -0.25) is 4.57 Å². The number of allylic oxidation sites excluding steroid dienone is 1. The van der Waals surface area contributed by atoms with E-state index in [1.807, 2.05) is 80.6 Å². The molecule has 0 saturated carbocycles. The molecular formula is C19H23O3P. The van der Waals surface area contributed by atoms with Crippen molar-refractivity contribution < 1.29 is 13.6 Å². The van der Waals surface area contributed by atoms with Crippen LogP contribution in [-0.2, 0) is 13.6 Å². The molecular weight excluding hydrogens is 307 g/mol. The van der Waals surface area contributed by atoms with Gasteiger partial charge in [0, 0.05) is 0 Å². The minimum atomic E-state index is -3.09. The highest BCUT2D eigenvalue weighted by Crippen LogP contribution is 2.48. The van der Waals surface area contributed by atoms with E-state index in [0.717, 1.165) is 16.7 Å². The Bertz CT molecular complexity index is 614. The molecule has 0 bridgehead atoms. The van der Waals surface area contributed by atoms with Crippen LogP contribution in [0.1, 0.15) is 25.0 Å². The molecule has 0 aliphatic carbocycles. The first-order valence-electron chi connectivity index (χ1n) is 7.87. The minimum Gasteiger partial charge on any atom is -0.309 e. The number of hydrogen-bond acceptors (Lipinski definition) is 3. The molecule has 0 saturated heterocycles. The third kappa shape index (κ3) is 5.18. The average Bonchev–Trinajstić information content (AvgIpc) is 2.57. The Morgan fingerprint density at radius 1 is 0.870 bits per heavy atom. The summed E-state index contributed by atoms with van der Waals surface area (Å²) in [6.45, 7) is 4.39. The molecule has 0 spiro atoms. The molecule has 0 heterocycles. The fourth-order valence-electron chi connectivity index (χ4n) is 2.38. The van der Waals surface area contributed by atoms with Gasteiger partial charge in [0.25, 0.3) is 0 Å². The zero-order valence-electron chi connectivity index (χ0n) is 13.6. The van der Waals surface area contributed by atoms with Crippen molar-refractivity contribution >= 4 is 13.2 Å². The van der Waals surface area contributed by atoms with Crippen LogP contribution in [0, 0.1) is 0 Å². The third-order valence-electron chi connectivity index (χ3n) is 3.34. The standard InChI is InChI=1S/C19H23O3P/c1-3-21-23(20,22-4-2)16-15-19(17-11-7-5-8-12-17)18-13-9-6-10-14-18/h5-15H,3-4,16H2,1-2H3. The topological polar surface area (TPSA) is 35.5 Å². The van der Waals surface area contributed by atoms with Crippen LogP contribution in [0.4, 0.5) is 0 Å². The molecule has 0 amide bonds. The molecule has 0 aliphatic heterocycles. The lowest BCUT2D eigenvalue weighted by Gasteiger charge is -2.16. The molecule has 0 aromatic heterocycles. The summed E-state index contributed by atoms with van der Waals surface area (Å²) in [6, 6.07) is 20.1. The van der Waals surface area contributed by atoms with Crippen molar-refractivity contribution in [2.24, 2.45) is 0 Å². The maximum absolute atomic E-state index is 12.7. The van der Waals surface area contributed by atoms with Crippen LogP contribution in [0.25, 0.3) is 5.57 Å². The predicted molar refractivity (Wildman–Crippen MR) is 95.7 cm³/mol. The van der Waals surface area contributed by atoms with Gasteiger partial charge in [0.1, 0.15) is 0 Å². The van der Waals surface area contributed by atoms with E-state index in [0.29, 0.717) is 13.2 Å². The lowest BCUT2D eigenvalue weighted by molar-refractivity contribution is 0.222. The molecule has 0 fully saturated rings. The van der Waals surface area contributed by atoms with Crippen LogP contribution in [-0.4, -0.2) is 19.4 Å². The first-order chi connectivity index (χ1) is 11.2. The van der Waals surface area contributed by atoms with E-state index in [2.05, 4.69) is 0 Å². The van der Waals surface area contributed by atoms with Gasteiger partial charge in [-0.05, 0) is 30.5 Å². The third-order valence-corrected chi connectivity index (χ3v) is 5.27. The Labute approximate surface area is 138 Å². The van der Waals surface area contributed by atoms with Gasteiger partial charge in [-0.15, -0.1) is 0 Å². The van der Waals surface area contributed by atoms with E-state index in [-0.39, 0.29) is 6.16 Å². The molecule has 122 valence electrons. The Morgan fingerprint density at radius 2 is 1.30 bits per heavy atom. The molecule has 4 heteroatoms. The molecule has 0 atom stereocenters. The quantitative estimate of drug-likeness (QED) is 0.609. The second-order valence-corrected chi connectivity index (χ2v) is 7.08. The van der Waals surface area contributed by atoms with Gasteiger partial charge in [0.05, 0.1) is 19.4 Å². The Balaban J connectivity index is 2.36. The molecule has 2 aromatic rings. The van der Waals surface area contributed by atoms with Crippen LogP contribution in [0.2, 0.25) is 0 Å². The second kappa shape index (κ2) is 8.83. The summed E-state index contributed by atoms with van der Waals surface area (Å²) < 4.78 is 23.5. The van der Waals surface area contributed by atoms with Crippen molar-refractivity contribution in [1.82, 2.24) is 0 Å². The summed E-state index contributed by atoms with van der Waals surface area (Å²) in [5, 5.41) is 0. The highest BCUT2D eigenvalue weighted by molar-refractivity contribution is 7.54. The lowest BCUT2D eigenvalue weighted by Crippen LogP contribution is -1.99. The summed E-state index contributed by atoms with van der Waals surface area (Å²) in [4.78, 5) is 0. The van der Waals surface area contributed by atoms with Crippen LogP contribution in [0.3, 0.4) is 0 Å². The molecule has 0 aliphatic rings. The van der Waals surface area contributed by atoms with Crippen molar-refractivity contribution in [3.05, 3.63) is 77.9 Å². The van der Waals surface area contributed by atoms with Gasteiger partial charge in [-0.1, -0.05) is 66.7 Å². The summed E-state index contributed by atoms with van der Waals surface area (Å²) in [7, 11) is -3.09. The molecule has 3 nitrogen and oxygen atoms in total. The van der Waals surface area contributed by atoms with E-state index in [4.69, 9.17) is 9.05 Å². The van der Waals surface area contributed by atoms with Crippen molar-refractivity contribution in [1.29, 1.82) is 0 Å². The van der Waals surface area contributed by atoms with Crippen molar-refractivity contribution in [3.63, 3.8) is 0 Å². The smallest absolute Gasteiger partial charge is 0.309 e. The van der Waals surface area contributed by atoms with E-state index in [1.165, 1.54) is 0 Å². The largest absolute Gasteiger partial charge is 0.334 e. The molecule has 0 unspecified atom stereocenters. The maximum Gasteiger partial charge on any atom is 0.334 e. The molecule has 0 radical (unpaired) electrons. The summed E-state index contributed by atoms with van der Waals surface area (Å²) in [6.07, 6.45) is 2.21. The summed E-state index contributed by atoms with van der Waals surface area (Å²) in [5.41, 5.74) is 3.20. The van der Waals surface area contributed by atoms with Gasteiger partial charge in [0.15, 0.2) is 0 Å². The van der Waals surface area contributed by atoms with E-state index in [1.54, 1.807) is 0 Å². The van der Waals surface area contributed by atoms with Crippen LogP contribution in [0.5, 0.6) is 0 Å².